The lowest BCUT2D eigenvalue weighted by Crippen LogP contribution is -2.47. The first kappa shape index (κ1) is 15.0. The number of alkyl halides is 3. The number of hydrogen-bond acceptors (Lipinski definition) is 2. The Kier molecular flexibility index (Phi) is 4.10. The van der Waals surface area contributed by atoms with Crippen LogP contribution in [0.4, 0.5) is 13.2 Å². The Morgan fingerprint density at radius 3 is 2.44 bits per heavy atom. The third-order valence-electron chi connectivity index (χ3n) is 3.56. The Balaban J connectivity index is 2.80. The smallest absolute Gasteiger partial charge is 0.393 e. The van der Waals surface area contributed by atoms with E-state index in [1.54, 1.807) is 25.7 Å². The largest absolute Gasteiger partial charge is 0.478 e. The maximum atomic E-state index is 12.8. The summed E-state index contributed by atoms with van der Waals surface area (Å²) < 4.78 is 38.5. The van der Waals surface area contributed by atoms with Gasteiger partial charge in [-0.15, -0.1) is 0 Å². The molecule has 0 aromatic heterocycles. The molecule has 0 radical (unpaired) electrons. The van der Waals surface area contributed by atoms with Crippen molar-refractivity contribution in [2.75, 3.05) is 13.1 Å². The van der Waals surface area contributed by atoms with Gasteiger partial charge >= 0.3 is 12.1 Å². The van der Waals surface area contributed by atoms with Crippen molar-refractivity contribution in [2.24, 2.45) is 5.92 Å². The highest BCUT2D eigenvalue weighted by molar-refractivity contribution is 5.80. The second kappa shape index (κ2) is 4.91. The first-order valence-corrected chi connectivity index (χ1v) is 5.77. The molecule has 0 bridgehead atoms. The fraction of sp³-hybridized carbons (Fsp3) is 0.750. The zero-order valence-corrected chi connectivity index (χ0v) is 10.7. The van der Waals surface area contributed by atoms with Crippen molar-refractivity contribution in [3.8, 4) is 0 Å². The molecule has 1 aliphatic heterocycles. The summed E-state index contributed by atoms with van der Waals surface area (Å²) in [6.07, 6.45) is -3.10. The minimum atomic E-state index is -4.21. The van der Waals surface area contributed by atoms with Gasteiger partial charge in [-0.25, -0.2) is 4.79 Å². The highest BCUT2D eigenvalue weighted by Gasteiger charge is 2.54. The van der Waals surface area contributed by atoms with E-state index in [1.165, 1.54) is 0 Å². The van der Waals surface area contributed by atoms with Crippen LogP contribution in [0.2, 0.25) is 0 Å². The van der Waals surface area contributed by atoms with Gasteiger partial charge in [0.25, 0.3) is 0 Å². The van der Waals surface area contributed by atoms with Gasteiger partial charge in [0.05, 0.1) is 5.92 Å². The second-order valence-electron chi connectivity index (χ2n) is 5.29. The fourth-order valence-corrected chi connectivity index (χ4v) is 2.55. The van der Waals surface area contributed by atoms with Crippen LogP contribution in [0.5, 0.6) is 0 Å². The minimum Gasteiger partial charge on any atom is -0.478 e. The van der Waals surface area contributed by atoms with E-state index in [4.69, 9.17) is 5.11 Å². The Labute approximate surface area is 104 Å². The van der Waals surface area contributed by atoms with Crippen LogP contribution in [0.1, 0.15) is 27.2 Å². The maximum Gasteiger partial charge on any atom is 0.393 e. The molecular formula is C12H18F3NO2. The number of nitrogens with zero attached hydrogens (tertiary/aromatic N) is 1. The summed E-state index contributed by atoms with van der Waals surface area (Å²) in [5.74, 6) is -2.43. The highest BCUT2D eigenvalue weighted by atomic mass is 19.4. The number of hydrogen-bond donors (Lipinski definition) is 1. The number of carboxylic acid groups (broad SMARTS) is 1. The van der Waals surface area contributed by atoms with E-state index in [9.17, 15) is 18.0 Å². The molecule has 1 unspecified atom stereocenters. The van der Waals surface area contributed by atoms with E-state index in [2.05, 4.69) is 0 Å². The van der Waals surface area contributed by atoms with Crippen molar-refractivity contribution >= 4 is 5.97 Å². The lowest BCUT2D eigenvalue weighted by molar-refractivity contribution is -0.191. The van der Waals surface area contributed by atoms with Crippen LogP contribution in [0, 0.1) is 5.92 Å². The number of rotatable bonds is 3. The summed E-state index contributed by atoms with van der Waals surface area (Å²) >= 11 is 0. The molecule has 0 aliphatic carbocycles. The summed E-state index contributed by atoms with van der Waals surface area (Å²) in [7, 11) is 0. The first-order valence-electron chi connectivity index (χ1n) is 5.77. The SMILES string of the molecule is CC(=CC(=O)O)CN1CCC(C(F)(F)F)C1(C)C. The maximum absolute atomic E-state index is 12.8. The molecule has 0 saturated carbocycles. The molecule has 104 valence electrons. The molecule has 1 saturated heterocycles. The van der Waals surface area contributed by atoms with Crippen molar-refractivity contribution in [2.45, 2.75) is 38.9 Å². The predicted octanol–water partition coefficient (Wildman–Crippen LogP) is 2.68. The van der Waals surface area contributed by atoms with Crippen LogP contribution >= 0.6 is 0 Å². The highest BCUT2D eigenvalue weighted by Crippen LogP contribution is 2.44. The first-order chi connectivity index (χ1) is 8.05. The number of likely N-dealkylation sites (tertiary alicyclic amines) is 1. The van der Waals surface area contributed by atoms with Crippen LogP contribution in [0.15, 0.2) is 11.6 Å². The molecule has 0 amide bonds. The molecule has 1 atom stereocenters. The fourth-order valence-electron chi connectivity index (χ4n) is 2.55. The Morgan fingerprint density at radius 2 is 2.06 bits per heavy atom. The summed E-state index contributed by atoms with van der Waals surface area (Å²) in [6.45, 7) is 5.33. The lowest BCUT2D eigenvalue weighted by Gasteiger charge is -2.37. The topological polar surface area (TPSA) is 40.5 Å². The summed E-state index contributed by atoms with van der Waals surface area (Å²) in [4.78, 5) is 12.2. The van der Waals surface area contributed by atoms with E-state index < -0.39 is 23.6 Å². The number of carboxylic acids is 1. The van der Waals surface area contributed by atoms with Crippen molar-refractivity contribution < 1.29 is 23.1 Å². The Hall–Kier alpha value is -1.04. The molecule has 1 heterocycles. The van der Waals surface area contributed by atoms with Crippen LogP contribution in [-0.2, 0) is 4.79 Å². The van der Waals surface area contributed by atoms with Gasteiger partial charge < -0.3 is 5.11 Å². The van der Waals surface area contributed by atoms with Crippen LogP contribution in [0.3, 0.4) is 0 Å². The van der Waals surface area contributed by atoms with Gasteiger partial charge in [-0.1, -0.05) is 5.57 Å². The molecule has 0 aromatic carbocycles. The molecular weight excluding hydrogens is 247 g/mol. The number of aliphatic carboxylic acids is 1. The quantitative estimate of drug-likeness (QED) is 0.798. The molecule has 1 rings (SSSR count). The molecule has 3 nitrogen and oxygen atoms in total. The van der Waals surface area contributed by atoms with Gasteiger partial charge in [-0.3, -0.25) is 4.90 Å². The van der Waals surface area contributed by atoms with Gasteiger partial charge in [0.2, 0.25) is 0 Å². The Morgan fingerprint density at radius 1 is 1.50 bits per heavy atom. The molecule has 1 fully saturated rings. The van der Waals surface area contributed by atoms with Crippen molar-refractivity contribution in [1.29, 1.82) is 0 Å². The van der Waals surface area contributed by atoms with Crippen LogP contribution in [0.25, 0.3) is 0 Å². The monoisotopic (exact) mass is 265 g/mol. The normalized spacial score (nSPS) is 25.4. The molecule has 1 N–H and O–H groups in total. The van der Waals surface area contributed by atoms with Gasteiger partial charge in [0.15, 0.2) is 0 Å². The van der Waals surface area contributed by atoms with Crippen molar-refractivity contribution in [3.63, 3.8) is 0 Å². The van der Waals surface area contributed by atoms with Gasteiger partial charge in [0, 0.05) is 18.2 Å². The van der Waals surface area contributed by atoms with Crippen molar-refractivity contribution in [3.05, 3.63) is 11.6 Å². The van der Waals surface area contributed by atoms with E-state index in [-0.39, 0.29) is 13.0 Å². The molecule has 6 heteroatoms. The van der Waals surface area contributed by atoms with E-state index in [1.807, 2.05) is 0 Å². The zero-order chi connectivity index (χ0) is 14.1. The molecule has 0 spiro atoms. The molecule has 18 heavy (non-hydrogen) atoms. The van der Waals surface area contributed by atoms with E-state index in [0.717, 1.165) is 6.08 Å². The number of carbonyl (C=O) groups is 1. The molecule has 0 aromatic rings. The summed E-state index contributed by atoms with van der Waals surface area (Å²) in [6, 6.07) is 0. The third-order valence-corrected chi connectivity index (χ3v) is 3.56. The van der Waals surface area contributed by atoms with Crippen LogP contribution < -0.4 is 0 Å². The average Bonchev–Trinajstić information content (AvgIpc) is 2.39. The Bertz CT molecular complexity index is 361. The van der Waals surface area contributed by atoms with Gasteiger partial charge in [-0.2, -0.15) is 13.2 Å². The van der Waals surface area contributed by atoms with Gasteiger partial charge in [-0.05, 0) is 33.7 Å². The molecule has 1 aliphatic rings. The summed E-state index contributed by atoms with van der Waals surface area (Å²) in [5, 5.41) is 8.59. The lowest BCUT2D eigenvalue weighted by atomic mass is 9.87. The summed E-state index contributed by atoms with van der Waals surface area (Å²) in [5.41, 5.74) is -0.440. The standard InChI is InChI=1S/C12H18F3NO2/c1-8(6-10(17)18)7-16-5-4-9(11(16,2)3)12(13,14)15/h6,9H,4-5,7H2,1-3H3,(H,17,18). The van der Waals surface area contributed by atoms with Crippen LogP contribution in [-0.4, -0.2) is 40.8 Å². The van der Waals surface area contributed by atoms with Gasteiger partial charge in [0.1, 0.15) is 0 Å². The van der Waals surface area contributed by atoms with E-state index in [0.29, 0.717) is 12.1 Å². The number of halogens is 3. The average molecular weight is 265 g/mol. The minimum absolute atomic E-state index is 0.0663. The second-order valence-corrected chi connectivity index (χ2v) is 5.29. The van der Waals surface area contributed by atoms with E-state index >= 15 is 0 Å². The third kappa shape index (κ3) is 3.25. The zero-order valence-electron chi connectivity index (χ0n) is 10.7. The van der Waals surface area contributed by atoms with Crippen molar-refractivity contribution in [1.82, 2.24) is 4.90 Å². The predicted molar refractivity (Wildman–Crippen MR) is 61.2 cm³/mol.